The van der Waals surface area contributed by atoms with Crippen LogP contribution in [0.3, 0.4) is 0 Å². The fourth-order valence-electron chi connectivity index (χ4n) is 3.16. The van der Waals surface area contributed by atoms with Gasteiger partial charge in [-0.25, -0.2) is 0 Å². The van der Waals surface area contributed by atoms with E-state index in [1.807, 2.05) is 0 Å². The van der Waals surface area contributed by atoms with Gasteiger partial charge in [0.2, 0.25) is 0 Å². The van der Waals surface area contributed by atoms with Crippen LogP contribution >= 0.6 is 0 Å². The Kier molecular flexibility index (Phi) is 6.38. The van der Waals surface area contributed by atoms with Crippen molar-refractivity contribution in [3.63, 3.8) is 0 Å². The van der Waals surface area contributed by atoms with Gasteiger partial charge < -0.3 is 4.74 Å². The summed E-state index contributed by atoms with van der Waals surface area (Å²) in [5, 5.41) is 22.3. The summed E-state index contributed by atoms with van der Waals surface area (Å²) < 4.78 is 5.98. The van der Waals surface area contributed by atoms with Crippen LogP contribution in [0.15, 0.2) is 24.3 Å². The molecule has 2 aromatic carbocycles. The van der Waals surface area contributed by atoms with Gasteiger partial charge >= 0.3 is 0 Å². The Morgan fingerprint density at radius 2 is 1.10 bits per heavy atom. The highest BCUT2D eigenvalue weighted by Gasteiger charge is 2.25. The zero-order valence-electron chi connectivity index (χ0n) is 16.6. The summed E-state index contributed by atoms with van der Waals surface area (Å²) in [6.07, 6.45) is 9.65. The highest BCUT2D eigenvalue weighted by atomic mass is 16.6. The Hall–Kier alpha value is -3.68. The molecular weight excluding hydrogens is 372 g/mol. The Labute approximate surface area is 169 Å². The van der Waals surface area contributed by atoms with E-state index in [1.54, 1.807) is 39.8 Å². The number of nitrogens with zero attached hydrogens (tertiary/aromatic N) is 2. The van der Waals surface area contributed by atoms with Crippen LogP contribution in [-0.4, -0.2) is 9.85 Å². The van der Waals surface area contributed by atoms with E-state index in [1.165, 1.54) is 12.1 Å². The van der Waals surface area contributed by atoms with Gasteiger partial charge in [-0.3, -0.25) is 20.2 Å². The SMILES string of the molecule is C#CC(OC(C#C)c1ccc([N+](=O)[O-])c(C)c1C)c1ccc([N+](=O)[O-])c(C)c1C. The molecule has 29 heavy (non-hydrogen) atoms. The topological polar surface area (TPSA) is 95.5 Å². The van der Waals surface area contributed by atoms with Gasteiger partial charge in [0.05, 0.1) is 9.85 Å². The molecule has 7 heteroatoms. The first-order valence-corrected chi connectivity index (χ1v) is 8.70. The maximum absolute atomic E-state index is 11.1. The molecule has 0 bridgehead atoms. The van der Waals surface area contributed by atoms with Crippen molar-refractivity contribution in [1.82, 2.24) is 0 Å². The molecule has 0 amide bonds. The molecule has 0 saturated carbocycles. The van der Waals surface area contributed by atoms with Crippen LogP contribution in [0.2, 0.25) is 0 Å². The maximum atomic E-state index is 11.1. The molecule has 0 N–H and O–H groups in total. The second-order valence-electron chi connectivity index (χ2n) is 6.59. The first-order chi connectivity index (χ1) is 13.6. The van der Waals surface area contributed by atoms with Gasteiger partial charge in [-0.2, -0.15) is 0 Å². The monoisotopic (exact) mass is 392 g/mol. The smallest absolute Gasteiger partial charge is 0.272 e. The van der Waals surface area contributed by atoms with Gasteiger partial charge in [-0.15, -0.1) is 12.8 Å². The molecule has 0 aliphatic heterocycles. The molecule has 0 saturated heterocycles. The molecule has 2 atom stereocenters. The first-order valence-electron chi connectivity index (χ1n) is 8.70. The number of hydrogen-bond donors (Lipinski definition) is 0. The minimum Gasteiger partial charge on any atom is -0.340 e. The van der Waals surface area contributed by atoms with Gasteiger partial charge in [0.15, 0.2) is 0 Å². The Morgan fingerprint density at radius 1 is 0.759 bits per heavy atom. The van der Waals surface area contributed by atoms with Crippen LogP contribution in [0.1, 0.15) is 45.6 Å². The summed E-state index contributed by atoms with van der Waals surface area (Å²) in [4.78, 5) is 21.4. The second-order valence-corrected chi connectivity index (χ2v) is 6.59. The zero-order chi connectivity index (χ0) is 21.9. The average molecular weight is 392 g/mol. The minimum absolute atomic E-state index is 0.00244. The van der Waals surface area contributed by atoms with Crippen LogP contribution in [-0.2, 0) is 4.74 Å². The van der Waals surface area contributed by atoms with E-state index in [0.29, 0.717) is 33.4 Å². The Balaban J connectivity index is 2.45. The van der Waals surface area contributed by atoms with Crippen molar-refractivity contribution >= 4 is 11.4 Å². The molecule has 0 heterocycles. The molecule has 0 aromatic heterocycles. The van der Waals surface area contributed by atoms with E-state index in [0.717, 1.165) is 0 Å². The molecule has 2 aromatic rings. The summed E-state index contributed by atoms with van der Waals surface area (Å²) in [5.74, 6) is 5.07. The molecule has 0 fully saturated rings. The van der Waals surface area contributed by atoms with Gasteiger partial charge in [0, 0.05) is 23.3 Å². The predicted octanol–water partition coefficient (Wildman–Crippen LogP) is 4.80. The minimum atomic E-state index is -0.842. The van der Waals surface area contributed by atoms with Crippen molar-refractivity contribution in [1.29, 1.82) is 0 Å². The standard InChI is InChI=1S/C22H20N2O5/c1-7-21(17-9-11-19(23(25)26)15(5)13(17)3)29-22(8-2)18-10-12-20(24(27)28)16(6)14(18)4/h1-2,9-12,21-22H,3-6H3. The number of terminal acetylenes is 2. The van der Waals surface area contributed by atoms with Crippen LogP contribution < -0.4 is 0 Å². The molecule has 148 valence electrons. The molecular formula is C22H20N2O5. The van der Waals surface area contributed by atoms with Crippen molar-refractivity contribution in [2.24, 2.45) is 0 Å². The van der Waals surface area contributed by atoms with Crippen molar-refractivity contribution in [2.45, 2.75) is 39.9 Å². The summed E-state index contributed by atoms with van der Waals surface area (Å²) in [5.41, 5.74) is 3.49. The summed E-state index contributed by atoms with van der Waals surface area (Å²) in [7, 11) is 0. The van der Waals surface area contributed by atoms with Crippen LogP contribution in [0.5, 0.6) is 0 Å². The number of benzene rings is 2. The van der Waals surface area contributed by atoms with Crippen LogP contribution in [0, 0.1) is 72.6 Å². The normalized spacial score (nSPS) is 12.5. The molecule has 0 radical (unpaired) electrons. The zero-order valence-corrected chi connectivity index (χ0v) is 16.6. The number of hydrogen-bond acceptors (Lipinski definition) is 5. The van der Waals surface area contributed by atoms with E-state index in [-0.39, 0.29) is 11.4 Å². The fourth-order valence-corrected chi connectivity index (χ4v) is 3.16. The van der Waals surface area contributed by atoms with Crippen molar-refractivity contribution in [3.05, 3.63) is 77.9 Å². The predicted molar refractivity (Wildman–Crippen MR) is 109 cm³/mol. The molecule has 0 aliphatic rings. The highest BCUT2D eigenvalue weighted by Crippen LogP contribution is 2.35. The molecule has 0 aliphatic carbocycles. The Morgan fingerprint density at radius 3 is 1.38 bits per heavy atom. The second kappa shape index (κ2) is 8.55. The number of rotatable bonds is 6. The van der Waals surface area contributed by atoms with Crippen molar-refractivity contribution < 1.29 is 14.6 Å². The molecule has 7 nitrogen and oxygen atoms in total. The summed E-state index contributed by atoms with van der Waals surface area (Å²) in [6.45, 7) is 6.76. The largest absolute Gasteiger partial charge is 0.340 e. The van der Waals surface area contributed by atoms with Gasteiger partial charge in [0.1, 0.15) is 12.2 Å². The third-order valence-corrected chi connectivity index (χ3v) is 5.13. The molecule has 0 spiro atoms. The number of ether oxygens (including phenoxy) is 1. The third kappa shape index (κ3) is 4.11. The molecule has 2 unspecified atom stereocenters. The lowest BCUT2D eigenvalue weighted by atomic mass is 9.96. The lowest BCUT2D eigenvalue weighted by molar-refractivity contribution is -0.385. The fraction of sp³-hybridized carbons (Fsp3) is 0.273. The lowest BCUT2D eigenvalue weighted by Crippen LogP contribution is -2.12. The number of nitro groups is 2. The van der Waals surface area contributed by atoms with Crippen molar-refractivity contribution in [2.75, 3.05) is 0 Å². The average Bonchev–Trinajstić information content (AvgIpc) is 2.67. The van der Waals surface area contributed by atoms with E-state index in [2.05, 4.69) is 11.8 Å². The van der Waals surface area contributed by atoms with Gasteiger partial charge in [-0.1, -0.05) is 11.8 Å². The van der Waals surface area contributed by atoms with Gasteiger partial charge in [-0.05, 0) is 62.1 Å². The summed E-state index contributed by atoms with van der Waals surface area (Å²) >= 11 is 0. The van der Waals surface area contributed by atoms with E-state index in [4.69, 9.17) is 17.6 Å². The quantitative estimate of drug-likeness (QED) is 0.400. The molecule has 2 rings (SSSR count). The van der Waals surface area contributed by atoms with E-state index < -0.39 is 22.1 Å². The van der Waals surface area contributed by atoms with Crippen molar-refractivity contribution in [3.8, 4) is 24.7 Å². The van der Waals surface area contributed by atoms with Crippen LogP contribution in [0.4, 0.5) is 11.4 Å². The lowest BCUT2D eigenvalue weighted by Gasteiger charge is -2.22. The highest BCUT2D eigenvalue weighted by molar-refractivity contribution is 5.51. The first kappa shape index (κ1) is 21.6. The third-order valence-electron chi connectivity index (χ3n) is 5.13. The van der Waals surface area contributed by atoms with E-state index in [9.17, 15) is 20.2 Å². The van der Waals surface area contributed by atoms with E-state index >= 15 is 0 Å². The maximum Gasteiger partial charge on any atom is 0.272 e. The van der Waals surface area contributed by atoms with Crippen LogP contribution in [0.25, 0.3) is 0 Å². The Bertz CT molecular complexity index is 991. The summed E-state index contributed by atoms with van der Waals surface area (Å²) in [6, 6.07) is 5.90. The number of nitro benzene ring substituents is 2. The van der Waals surface area contributed by atoms with Gasteiger partial charge in [0.25, 0.3) is 11.4 Å².